The van der Waals surface area contributed by atoms with Crippen LogP contribution in [-0.4, -0.2) is 31.9 Å². The molecule has 0 fully saturated rings. The van der Waals surface area contributed by atoms with Crippen LogP contribution in [0.15, 0.2) is 48.5 Å². The number of hydrogen-bond donors (Lipinski definition) is 2. The molecule has 3 aromatic rings. The molecule has 0 saturated carbocycles. The van der Waals surface area contributed by atoms with Crippen molar-refractivity contribution in [1.29, 1.82) is 0 Å². The van der Waals surface area contributed by atoms with Gasteiger partial charge in [-0.05, 0) is 48.0 Å². The molecule has 1 heterocycles. The number of halogens is 3. The standard InChI is InChI=1S/C17H16F3N5O/c18-17(19,20)12-6-8-13(9-7-12)21-15-5-2-1-4-14(15)16-22-24-25(23-16)10-3-11-26/h1-2,4-9,21,26H,3,10-11H2. The van der Waals surface area contributed by atoms with E-state index in [1.165, 1.54) is 16.9 Å². The van der Waals surface area contributed by atoms with E-state index in [2.05, 4.69) is 20.7 Å². The van der Waals surface area contributed by atoms with E-state index in [0.29, 0.717) is 35.7 Å². The Morgan fingerprint density at radius 3 is 2.46 bits per heavy atom. The summed E-state index contributed by atoms with van der Waals surface area (Å²) in [7, 11) is 0. The SMILES string of the molecule is OCCCn1nnc(-c2ccccc2Nc2ccc(C(F)(F)F)cc2)n1. The number of tetrazole rings is 1. The summed E-state index contributed by atoms with van der Waals surface area (Å²) in [5.41, 5.74) is 1.12. The molecule has 6 nitrogen and oxygen atoms in total. The van der Waals surface area contributed by atoms with Gasteiger partial charge in [-0.15, -0.1) is 10.2 Å². The summed E-state index contributed by atoms with van der Waals surface area (Å²) in [6.45, 7) is 0.473. The zero-order valence-electron chi connectivity index (χ0n) is 13.6. The van der Waals surface area contributed by atoms with Crippen molar-refractivity contribution in [2.24, 2.45) is 0 Å². The van der Waals surface area contributed by atoms with Gasteiger partial charge in [0.1, 0.15) is 0 Å². The van der Waals surface area contributed by atoms with Crippen molar-refractivity contribution in [3.05, 3.63) is 54.1 Å². The first-order valence-electron chi connectivity index (χ1n) is 7.90. The highest BCUT2D eigenvalue weighted by Crippen LogP contribution is 2.32. The number of nitrogens with zero attached hydrogens (tertiary/aromatic N) is 4. The summed E-state index contributed by atoms with van der Waals surface area (Å²) in [5, 5.41) is 24.1. The number of anilines is 2. The van der Waals surface area contributed by atoms with E-state index in [0.717, 1.165) is 12.1 Å². The van der Waals surface area contributed by atoms with Gasteiger partial charge in [-0.1, -0.05) is 12.1 Å². The number of rotatable bonds is 6. The van der Waals surface area contributed by atoms with Crippen LogP contribution >= 0.6 is 0 Å². The van der Waals surface area contributed by atoms with Gasteiger partial charge < -0.3 is 10.4 Å². The third kappa shape index (κ3) is 4.17. The Labute approximate surface area is 147 Å². The lowest BCUT2D eigenvalue weighted by Crippen LogP contribution is -2.04. The number of para-hydroxylation sites is 1. The van der Waals surface area contributed by atoms with Crippen molar-refractivity contribution in [2.45, 2.75) is 19.1 Å². The largest absolute Gasteiger partial charge is 0.416 e. The highest BCUT2D eigenvalue weighted by Gasteiger charge is 2.29. The maximum Gasteiger partial charge on any atom is 0.416 e. The molecule has 0 aliphatic carbocycles. The highest BCUT2D eigenvalue weighted by molar-refractivity contribution is 5.77. The van der Waals surface area contributed by atoms with Crippen LogP contribution in [0.1, 0.15) is 12.0 Å². The molecule has 0 unspecified atom stereocenters. The lowest BCUT2D eigenvalue weighted by Gasteiger charge is -2.11. The molecule has 0 radical (unpaired) electrons. The zero-order chi connectivity index (χ0) is 18.6. The molecule has 3 rings (SSSR count). The van der Waals surface area contributed by atoms with Crippen LogP contribution in [-0.2, 0) is 12.7 Å². The van der Waals surface area contributed by atoms with Gasteiger partial charge in [-0.25, -0.2) is 0 Å². The van der Waals surface area contributed by atoms with E-state index in [-0.39, 0.29) is 6.61 Å². The number of aliphatic hydroxyl groups is 1. The molecule has 0 aliphatic rings. The van der Waals surface area contributed by atoms with Crippen molar-refractivity contribution < 1.29 is 18.3 Å². The first-order chi connectivity index (χ1) is 12.5. The smallest absolute Gasteiger partial charge is 0.396 e. The number of benzene rings is 2. The van der Waals surface area contributed by atoms with Gasteiger partial charge in [-0.2, -0.15) is 18.0 Å². The molecule has 0 spiro atoms. The number of nitrogens with one attached hydrogen (secondary N) is 1. The summed E-state index contributed by atoms with van der Waals surface area (Å²) in [6.07, 6.45) is -3.85. The van der Waals surface area contributed by atoms with Crippen molar-refractivity contribution in [3.63, 3.8) is 0 Å². The van der Waals surface area contributed by atoms with E-state index < -0.39 is 11.7 Å². The average Bonchev–Trinajstić information content (AvgIpc) is 3.09. The molecule has 0 aliphatic heterocycles. The van der Waals surface area contributed by atoms with Crippen LogP contribution in [0, 0.1) is 0 Å². The van der Waals surface area contributed by atoms with Crippen LogP contribution in [0.25, 0.3) is 11.4 Å². The van der Waals surface area contributed by atoms with Crippen LogP contribution < -0.4 is 5.32 Å². The Hall–Kier alpha value is -2.94. The molecule has 2 N–H and O–H groups in total. The average molecular weight is 363 g/mol. The van der Waals surface area contributed by atoms with Crippen LogP contribution in [0.4, 0.5) is 24.5 Å². The van der Waals surface area contributed by atoms with Crippen molar-refractivity contribution in [1.82, 2.24) is 20.2 Å². The molecule has 0 bridgehead atoms. The fourth-order valence-electron chi connectivity index (χ4n) is 2.34. The third-order valence-corrected chi connectivity index (χ3v) is 3.63. The molecule has 0 saturated heterocycles. The Kier molecular flexibility index (Phi) is 5.17. The lowest BCUT2D eigenvalue weighted by atomic mass is 10.1. The lowest BCUT2D eigenvalue weighted by molar-refractivity contribution is -0.137. The maximum absolute atomic E-state index is 12.7. The van der Waals surface area contributed by atoms with Crippen molar-refractivity contribution >= 4 is 11.4 Å². The minimum atomic E-state index is -4.37. The monoisotopic (exact) mass is 363 g/mol. The predicted molar refractivity (Wildman–Crippen MR) is 89.7 cm³/mol. The van der Waals surface area contributed by atoms with E-state index in [4.69, 9.17) is 5.11 Å². The molecule has 136 valence electrons. The van der Waals surface area contributed by atoms with E-state index >= 15 is 0 Å². The molecule has 9 heteroatoms. The Morgan fingerprint density at radius 2 is 1.77 bits per heavy atom. The van der Waals surface area contributed by atoms with E-state index in [9.17, 15) is 13.2 Å². The van der Waals surface area contributed by atoms with Crippen LogP contribution in [0.3, 0.4) is 0 Å². The van der Waals surface area contributed by atoms with Gasteiger partial charge in [0, 0.05) is 23.5 Å². The Bertz CT molecular complexity index is 861. The van der Waals surface area contributed by atoms with E-state index in [1.54, 1.807) is 18.2 Å². The summed E-state index contributed by atoms with van der Waals surface area (Å²) in [5.74, 6) is 0.387. The number of alkyl halides is 3. The number of aromatic nitrogens is 4. The predicted octanol–water partition coefficient (Wildman–Crippen LogP) is 3.48. The maximum atomic E-state index is 12.7. The minimum Gasteiger partial charge on any atom is -0.396 e. The fraction of sp³-hybridized carbons (Fsp3) is 0.235. The summed E-state index contributed by atoms with van der Waals surface area (Å²) >= 11 is 0. The van der Waals surface area contributed by atoms with Gasteiger partial charge in [0.15, 0.2) is 0 Å². The van der Waals surface area contributed by atoms with Gasteiger partial charge in [-0.3, -0.25) is 0 Å². The molecule has 26 heavy (non-hydrogen) atoms. The second-order valence-corrected chi connectivity index (χ2v) is 5.53. The first kappa shape index (κ1) is 17.9. The van der Waals surface area contributed by atoms with Gasteiger partial charge in [0.25, 0.3) is 0 Å². The zero-order valence-corrected chi connectivity index (χ0v) is 13.6. The fourth-order valence-corrected chi connectivity index (χ4v) is 2.34. The van der Waals surface area contributed by atoms with E-state index in [1.807, 2.05) is 6.07 Å². The Balaban J connectivity index is 1.82. The Morgan fingerprint density at radius 1 is 1.04 bits per heavy atom. The summed E-state index contributed by atoms with van der Waals surface area (Å²) in [6, 6.07) is 12.0. The minimum absolute atomic E-state index is 0.0307. The quantitative estimate of drug-likeness (QED) is 0.701. The highest BCUT2D eigenvalue weighted by atomic mass is 19.4. The molecule has 0 amide bonds. The second-order valence-electron chi connectivity index (χ2n) is 5.53. The van der Waals surface area contributed by atoms with Crippen molar-refractivity contribution in [3.8, 4) is 11.4 Å². The van der Waals surface area contributed by atoms with Gasteiger partial charge in [0.2, 0.25) is 5.82 Å². The third-order valence-electron chi connectivity index (χ3n) is 3.63. The van der Waals surface area contributed by atoms with Crippen LogP contribution in [0.5, 0.6) is 0 Å². The number of aliphatic hydroxyl groups excluding tert-OH is 1. The molecule has 2 aromatic carbocycles. The number of aryl methyl sites for hydroxylation is 1. The normalized spacial score (nSPS) is 11.5. The van der Waals surface area contributed by atoms with Gasteiger partial charge >= 0.3 is 6.18 Å². The van der Waals surface area contributed by atoms with Crippen molar-refractivity contribution in [2.75, 3.05) is 11.9 Å². The second kappa shape index (κ2) is 7.52. The molecular weight excluding hydrogens is 347 g/mol. The topological polar surface area (TPSA) is 75.9 Å². The molecular formula is C17H16F3N5O. The van der Waals surface area contributed by atoms with Gasteiger partial charge in [0.05, 0.1) is 12.1 Å². The first-order valence-corrected chi connectivity index (χ1v) is 7.90. The molecule has 0 atom stereocenters. The van der Waals surface area contributed by atoms with Crippen LogP contribution in [0.2, 0.25) is 0 Å². The molecule has 1 aromatic heterocycles. The summed E-state index contributed by atoms with van der Waals surface area (Å²) < 4.78 is 38.0. The summed E-state index contributed by atoms with van der Waals surface area (Å²) in [4.78, 5) is 1.39. The number of hydrogen-bond acceptors (Lipinski definition) is 5.